The van der Waals surface area contributed by atoms with Crippen LogP contribution in [0.5, 0.6) is 5.88 Å². The number of hydrogen-bond acceptors (Lipinski definition) is 5. The van der Waals surface area contributed by atoms with Gasteiger partial charge in [0.2, 0.25) is 5.88 Å². The number of nitrogens with zero attached hydrogens (tertiary/aromatic N) is 5. The number of ether oxygens (including phenoxy) is 1. The summed E-state index contributed by atoms with van der Waals surface area (Å²) < 4.78 is 33.1. The van der Waals surface area contributed by atoms with E-state index in [9.17, 15) is 13.6 Å². The van der Waals surface area contributed by atoms with E-state index in [1.165, 1.54) is 23.9 Å². The molecule has 0 fully saturated rings. The maximum absolute atomic E-state index is 13.7. The fourth-order valence-corrected chi connectivity index (χ4v) is 3.16. The molecule has 0 saturated heterocycles. The van der Waals surface area contributed by atoms with Crippen molar-refractivity contribution in [2.45, 2.75) is 39.2 Å². The first-order chi connectivity index (χ1) is 14.9. The van der Waals surface area contributed by atoms with E-state index in [0.717, 1.165) is 6.20 Å². The summed E-state index contributed by atoms with van der Waals surface area (Å²) in [5.41, 5.74) is 0.902. The molecule has 3 aromatic rings. The third-order valence-corrected chi connectivity index (χ3v) is 4.98. The highest BCUT2D eigenvalue weighted by atomic mass is 19.3. The van der Waals surface area contributed by atoms with E-state index in [4.69, 9.17) is 4.74 Å². The van der Waals surface area contributed by atoms with Crippen LogP contribution in [0.25, 0.3) is 5.69 Å². The van der Waals surface area contributed by atoms with E-state index in [1.54, 1.807) is 35.5 Å². The fourth-order valence-electron chi connectivity index (χ4n) is 3.16. The summed E-state index contributed by atoms with van der Waals surface area (Å²) in [5, 5.41) is 8.23. The summed E-state index contributed by atoms with van der Waals surface area (Å²) in [7, 11) is 0. The SMILES string of the molecule is CCN(C(=O)c1ccccc1-n1nccn1)[C@@H](C)COc1ccc(C(F)(F)CC)cn1. The van der Waals surface area contributed by atoms with E-state index >= 15 is 0 Å². The Morgan fingerprint density at radius 3 is 2.48 bits per heavy atom. The molecule has 164 valence electrons. The second-order valence-electron chi connectivity index (χ2n) is 7.03. The fraction of sp³-hybridized carbons (Fsp3) is 0.364. The molecule has 0 radical (unpaired) electrons. The first-order valence-corrected chi connectivity index (χ1v) is 10.1. The Balaban J connectivity index is 1.70. The molecule has 1 amide bonds. The van der Waals surface area contributed by atoms with Crippen LogP contribution in [0.15, 0.2) is 55.0 Å². The van der Waals surface area contributed by atoms with Crippen molar-refractivity contribution in [2.75, 3.05) is 13.2 Å². The molecule has 0 N–H and O–H groups in total. The first-order valence-electron chi connectivity index (χ1n) is 10.1. The number of carbonyl (C=O) groups is 1. The van der Waals surface area contributed by atoms with Crippen molar-refractivity contribution >= 4 is 5.91 Å². The Bertz CT molecular complexity index is 993. The molecule has 31 heavy (non-hydrogen) atoms. The lowest BCUT2D eigenvalue weighted by Gasteiger charge is -2.28. The molecule has 3 rings (SSSR count). The number of para-hydroxylation sites is 1. The van der Waals surface area contributed by atoms with Crippen molar-refractivity contribution in [1.29, 1.82) is 0 Å². The van der Waals surface area contributed by atoms with Crippen LogP contribution in [0.3, 0.4) is 0 Å². The summed E-state index contributed by atoms with van der Waals surface area (Å²) in [6.45, 7) is 5.78. The van der Waals surface area contributed by atoms with Crippen LogP contribution in [0.1, 0.15) is 43.1 Å². The van der Waals surface area contributed by atoms with Gasteiger partial charge in [0.05, 0.1) is 29.7 Å². The zero-order chi connectivity index (χ0) is 22.4. The van der Waals surface area contributed by atoms with Crippen molar-refractivity contribution < 1.29 is 18.3 Å². The minimum Gasteiger partial charge on any atom is -0.475 e. The van der Waals surface area contributed by atoms with E-state index in [2.05, 4.69) is 15.2 Å². The molecule has 0 saturated carbocycles. The Morgan fingerprint density at radius 2 is 1.87 bits per heavy atom. The van der Waals surface area contributed by atoms with Gasteiger partial charge in [0.1, 0.15) is 6.61 Å². The minimum absolute atomic E-state index is 0.149. The standard InChI is InChI=1S/C22H25F2N5O2/c1-4-22(23,24)17-10-11-20(25-14-17)31-15-16(3)28(5-2)21(30)18-8-6-7-9-19(18)29-26-12-13-27-29/h6-14,16H,4-5,15H2,1-3H3/t16-/m0/s1. The Labute approximate surface area is 179 Å². The van der Waals surface area contributed by atoms with Gasteiger partial charge in [0.25, 0.3) is 11.8 Å². The number of halogens is 2. The summed E-state index contributed by atoms with van der Waals surface area (Å²) in [6, 6.07) is 9.55. The van der Waals surface area contributed by atoms with Gasteiger partial charge in [-0.05, 0) is 32.0 Å². The van der Waals surface area contributed by atoms with Gasteiger partial charge in [-0.2, -0.15) is 15.0 Å². The lowest BCUT2D eigenvalue weighted by Crippen LogP contribution is -2.42. The monoisotopic (exact) mass is 429 g/mol. The van der Waals surface area contributed by atoms with E-state index in [0.29, 0.717) is 17.8 Å². The summed E-state index contributed by atoms with van der Waals surface area (Å²) in [6.07, 6.45) is 3.92. The van der Waals surface area contributed by atoms with Gasteiger partial charge in [-0.25, -0.2) is 13.8 Å². The van der Waals surface area contributed by atoms with Crippen molar-refractivity contribution in [1.82, 2.24) is 24.9 Å². The number of carbonyl (C=O) groups excluding carboxylic acids is 1. The summed E-state index contributed by atoms with van der Waals surface area (Å²) in [5.74, 6) is -2.87. The quantitative estimate of drug-likeness (QED) is 0.512. The predicted octanol–water partition coefficient (Wildman–Crippen LogP) is 4.09. The number of alkyl halides is 2. The molecule has 0 spiro atoms. The first kappa shape index (κ1) is 22.3. The minimum atomic E-state index is -2.92. The number of rotatable bonds is 9. The van der Waals surface area contributed by atoms with Crippen molar-refractivity contribution in [2.24, 2.45) is 0 Å². The van der Waals surface area contributed by atoms with Crippen LogP contribution in [0.2, 0.25) is 0 Å². The van der Waals surface area contributed by atoms with Gasteiger partial charge in [-0.3, -0.25) is 4.79 Å². The van der Waals surface area contributed by atoms with E-state index in [-0.39, 0.29) is 36.4 Å². The molecule has 2 heterocycles. The van der Waals surface area contributed by atoms with Crippen LogP contribution in [0, 0.1) is 0 Å². The number of pyridine rings is 1. The van der Waals surface area contributed by atoms with Crippen LogP contribution in [0.4, 0.5) is 8.78 Å². The number of amides is 1. The third-order valence-electron chi connectivity index (χ3n) is 4.98. The molecule has 0 unspecified atom stereocenters. The molecule has 0 aliphatic carbocycles. The van der Waals surface area contributed by atoms with E-state index < -0.39 is 5.92 Å². The molecule has 1 aromatic carbocycles. The van der Waals surface area contributed by atoms with E-state index in [1.807, 2.05) is 19.9 Å². The van der Waals surface area contributed by atoms with Crippen LogP contribution < -0.4 is 4.74 Å². The molecule has 0 aliphatic rings. The van der Waals surface area contributed by atoms with Crippen molar-refractivity contribution in [3.8, 4) is 11.6 Å². The Morgan fingerprint density at radius 1 is 1.16 bits per heavy atom. The molecule has 1 atom stereocenters. The molecular weight excluding hydrogens is 404 g/mol. The van der Waals surface area contributed by atoms with Crippen LogP contribution in [-0.4, -0.2) is 50.0 Å². The van der Waals surface area contributed by atoms with Crippen molar-refractivity contribution in [3.63, 3.8) is 0 Å². The number of benzene rings is 1. The lowest BCUT2D eigenvalue weighted by molar-refractivity contribution is -0.00872. The summed E-state index contributed by atoms with van der Waals surface area (Å²) in [4.78, 5) is 20.3. The third kappa shape index (κ3) is 5.04. The summed E-state index contributed by atoms with van der Waals surface area (Å²) >= 11 is 0. The highest BCUT2D eigenvalue weighted by molar-refractivity contribution is 5.97. The van der Waals surface area contributed by atoms with Gasteiger partial charge < -0.3 is 9.64 Å². The molecular formula is C22H25F2N5O2. The topological polar surface area (TPSA) is 73.1 Å². The predicted molar refractivity (Wildman–Crippen MR) is 111 cm³/mol. The Kier molecular flexibility index (Phi) is 6.94. The number of hydrogen-bond donors (Lipinski definition) is 0. The number of likely N-dealkylation sites (N-methyl/N-ethyl adjacent to an activating group) is 1. The van der Waals surface area contributed by atoms with Gasteiger partial charge in [0.15, 0.2) is 0 Å². The average molecular weight is 429 g/mol. The van der Waals surface area contributed by atoms with Crippen LogP contribution in [-0.2, 0) is 5.92 Å². The molecule has 0 bridgehead atoms. The van der Waals surface area contributed by atoms with Crippen molar-refractivity contribution in [3.05, 3.63) is 66.1 Å². The normalized spacial score (nSPS) is 12.4. The smallest absolute Gasteiger partial charge is 0.274 e. The van der Waals surface area contributed by atoms with Gasteiger partial charge >= 0.3 is 0 Å². The molecule has 2 aromatic heterocycles. The largest absolute Gasteiger partial charge is 0.475 e. The second-order valence-corrected chi connectivity index (χ2v) is 7.03. The second kappa shape index (κ2) is 9.63. The zero-order valence-electron chi connectivity index (χ0n) is 17.7. The highest BCUT2D eigenvalue weighted by Gasteiger charge is 2.29. The maximum atomic E-state index is 13.7. The van der Waals surface area contributed by atoms with Crippen LogP contribution >= 0.6 is 0 Å². The highest BCUT2D eigenvalue weighted by Crippen LogP contribution is 2.31. The Hall–Kier alpha value is -3.36. The molecule has 0 aliphatic heterocycles. The average Bonchev–Trinajstić information content (AvgIpc) is 3.33. The number of aromatic nitrogens is 4. The van der Waals surface area contributed by atoms with Gasteiger partial charge in [0, 0.05) is 30.8 Å². The zero-order valence-corrected chi connectivity index (χ0v) is 17.7. The molecule has 9 heteroatoms. The molecule has 7 nitrogen and oxygen atoms in total. The van der Waals surface area contributed by atoms with Gasteiger partial charge in [-0.15, -0.1) is 0 Å². The lowest BCUT2D eigenvalue weighted by atomic mass is 10.1. The maximum Gasteiger partial charge on any atom is 0.274 e. The van der Waals surface area contributed by atoms with Gasteiger partial charge in [-0.1, -0.05) is 19.1 Å².